The molecule has 1 amide bonds. The molecule has 0 atom stereocenters. The molecule has 5 rings (SSSR count). The third-order valence-electron chi connectivity index (χ3n) is 5.04. The van der Waals surface area contributed by atoms with Gasteiger partial charge in [0.2, 0.25) is 0 Å². The van der Waals surface area contributed by atoms with E-state index in [-0.39, 0.29) is 5.91 Å². The molecule has 0 radical (unpaired) electrons. The SMILES string of the molecule is O=C(c1cnc(Nc2ccc3c(c2)OCCO3)cn1)N1CCCc2ccccc21. The number of amides is 1. The molecule has 0 unspecified atom stereocenters. The lowest BCUT2D eigenvalue weighted by molar-refractivity contribution is 0.0980. The molecular weight excluding hydrogens is 368 g/mol. The molecule has 29 heavy (non-hydrogen) atoms. The minimum Gasteiger partial charge on any atom is -0.486 e. The highest BCUT2D eigenvalue weighted by Crippen LogP contribution is 2.33. The number of rotatable bonds is 3. The van der Waals surface area contributed by atoms with Crippen molar-refractivity contribution in [3.8, 4) is 11.5 Å². The Kier molecular flexibility index (Phi) is 4.48. The predicted octanol–water partition coefficient (Wildman–Crippen LogP) is 3.58. The fourth-order valence-corrected chi connectivity index (χ4v) is 3.65. The fraction of sp³-hybridized carbons (Fsp3) is 0.227. The van der Waals surface area contributed by atoms with E-state index in [0.29, 0.717) is 37.0 Å². The summed E-state index contributed by atoms with van der Waals surface area (Å²) in [5.74, 6) is 1.85. The van der Waals surface area contributed by atoms with Crippen molar-refractivity contribution in [2.24, 2.45) is 0 Å². The van der Waals surface area contributed by atoms with Crippen LogP contribution in [0.4, 0.5) is 17.2 Å². The van der Waals surface area contributed by atoms with Gasteiger partial charge in [0.15, 0.2) is 11.5 Å². The standard InChI is InChI=1S/C22H20N4O3/c27-22(26-9-3-5-15-4-1-2-6-18(15)26)17-13-24-21(14-23-17)25-16-7-8-19-20(12-16)29-11-10-28-19/h1-2,4,6-8,12-14H,3,5,9-11H2,(H,24,25). The van der Waals surface area contributed by atoms with Gasteiger partial charge in [0.1, 0.15) is 24.7 Å². The number of benzene rings is 2. The number of nitrogens with one attached hydrogen (secondary N) is 1. The Balaban J connectivity index is 1.32. The number of ether oxygens (including phenoxy) is 2. The zero-order valence-electron chi connectivity index (χ0n) is 15.8. The molecule has 2 aromatic carbocycles. The molecular formula is C22H20N4O3. The first kappa shape index (κ1) is 17.5. The van der Waals surface area contributed by atoms with Gasteiger partial charge in [-0.2, -0.15) is 0 Å². The van der Waals surface area contributed by atoms with E-state index in [2.05, 4.69) is 21.4 Å². The van der Waals surface area contributed by atoms with Crippen LogP contribution in [0.5, 0.6) is 11.5 Å². The maximum atomic E-state index is 13.0. The molecule has 0 fully saturated rings. The van der Waals surface area contributed by atoms with Crippen molar-refractivity contribution in [2.45, 2.75) is 12.8 Å². The number of carbonyl (C=O) groups excluding carboxylic acids is 1. The average Bonchev–Trinajstić information content (AvgIpc) is 2.79. The zero-order chi connectivity index (χ0) is 19.6. The number of para-hydroxylation sites is 1. The first-order chi connectivity index (χ1) is 14.3. The van der Waals surface area contributed by atoms with Crippen LogP contribution in [-0.2, 0) is 6.42 Å². The predicted molar refractivity (Wildman–Crippen MR) is 109 cm³/mol. The lowest BCUT2D eigenvalue weighted by atomic mass is 10.0. The minimum atomic E-state index is -0.129. The Morgan fingerprint density at radius 1 is 1.00 bits per heavy atom. The van der Waals surface area contributed by atoms with Gasteiger partial charge in [-0.15, -0.1) is 0 Å². The molecule has 146 valence electrons. The molecule has 1 aromatic heterocycles. The molecule has 2 aliphatic heterocycles. The summed E-state index contributed by atoms with van der Waals surface area (Å²) < 4.78 is 11.1. The Bertz CT molecular complexity index is 1050. The van der Waals surface area contributed by atoms with Gasteiger partial charge in [-0.05, 0) is 36.6 Å². The summed E-state index contributed by atoms with van der Waals surface area (Å²) in [4.78, 5) is 23.5. The number of aryl methyl sites for hydroxylation is 1. The van der Waals surface area contributed by atoms with E-state index in [1.165, 1.54) is 11.8 Å². The third-order valence-corrected chi connectivity index (χ3v) is 5.04. The number of fused-ring (bicyclic) bond motifs is 2. The first-order valence-corrected chi connectivity index (χ1v) is 9.66. The van der Waals surface area contributed by atoms with E-state index in [9.17, 15) is 4.79 Å². The largest absolute Gasteiger partial charge is 0.486 e. The summed E-state index contributed by atoms with van der Waals surface area (Å²) in [6.45, 7) is 1.78. The first-order valence-electron chi connectivity index (χ1n) is 9.66. The van der Waals surface area contributed by atoms with Crippen molar-refractivity contribution in [3.05, 3.63) is 66.1 Å². The van der Waals surface area contributed by atoms with Crippen LogP contribution in [0.2, 0.25) is 0 Å². The Morgan fingerprint density at radius 3 is 2.72 bits per heavy atom. The number of anilines is 3. The molecule has 0 saturated carbocycles. The van der Waals surface area contributed by atoms with Gasteiger partial charge in [-0.3, -0.25) is 4.79 Å². The van der Waals surface area contributed by atoms with E-state index in [1.54, 1.807) is 11.1 Å². The molecule has 0 saturated heterocycles. The Labute approximate surface area is 168 Å². The van der Waals surface area contributed by atoms with Crippen molar-refractivity contribution in [2.75, 3.05) is 30.0 Å². The van der Waals surface area contributed by atoms with Gasteiger partial charge >= 0.3 is 0 Å². The van der Waals surface area contributed by atoms with Crippen LogP contribution in [0.1, 0.15) is 22.5 Å². The van der Waals surface area contributed by atoms with Crippen LogP contribution >= 0.6 is 0 Å². The van der Waals surface area contributed by atoms with E-state index in [1.807, 2.05) is 36.4 Å². The smallest absolute Gasteiger partial charge is 0.278 e. The fourth-order valence-electron chi connectivity index (χ4n) is 3.65. The van der Waals surface area contributed by atoms with Crippen LogP contribution < -0.4 is 19.7 Å². The average molecular weight is 388 g/mol. The molecule has 2 aliphatic rings. The summed E-state index contributed by atoms with van der Waals surface area (Å²) in [7, 11) is 0. The number of carbonyl (C=O) groups is 1. The highest BCUT2D eigenvalue weighted by Gasteiger charge is 2.24. The van der Waals surface area contributed by atoms with Crippen molar-refractivity contribution in [1.29, 1.82) is 0 Å². The van der Waals surface area contributed by atoms with Crippen molar-refractivity contribution >= 4 is 23.1 Å². The molecule has 3 aromatic rings. The summed E-state index contributed by atoms with van der Waals surface area (Å²) in [6, 6.07) is 13.6. The van der Waals surface area contributed by atoms with Crippen LogP contribution in [0.3, 0.4) is 0 Å². The topological polar surface area (TPSA) is 76.6 Å². The van der Waals surface area contributed by atoms with Crippen molar-refractivity contribution < 1.29 is 14.3 Å². The van der Waals surface area contributed by atoms with E-state index in [0.717, 1.165) is 30.0 Å². The molecule has 1 N–H and O–H groups in total. The second kappa shape index (κ2) is 7.43. The lowest BCUT2D eigenvalue weighted by Crippen LogP contribution is -2.36. The minimum absolute atomic E-state index is 0.129. The maximum absolute atomic E-state index is 13.0. The number of hydrogen-bond acceptors (Lipinski definition) is 6. The number of nitrogens with zero attached hydrogens (tertiary/aromatic N) is 3. The van der Waals surface area contributed by atoms with E-state index < -0.39 is 0 Å². The van der Waals surface area contributed by atoms with Crippen LogP contribution in [-0.4, -0.2) is 35.6 Å². The summed E-state index contributed by atoms with van der Waals surface area (Å²) in [6.07, 6.45) is 5.02. The van der Waals surface area contributed by atoms with E-state index >= 15 is 0 Å². The molecule has 7 heteroatoms. The van der Waals surface area contributed by atoms with Gasteiger partial charge in [-0.1, -0.05) is 18.2 Å². The zero-order valence-corrected chi connectivity index (χ0v) is 15.8. The molecule has 0 bridgehead atoms. The summed E-state index contributed by atoms with van der Waals surface area (Å²) in [5, 5.41) is 3.18. The Hall–Kier alpha value is -3.61. The number of aromatic nitrogens is 2. The molecule has 0 spiro atoms. The quantitative estimate of drug-likeness (QED) is 0.739. The molecule has 0 aliphatic carbocycles. The van der Waals surface area contributed by atoms with Crippen LogP contribution in [0.25, 0.3) is 0 Å². The molecule has 7 nitrogen and oxygen atoms in total. The summed E-state index contributed by atoms with van der Waals surface area (Å²) >= 11 is 0. The monoisotopic (exact) mass is 388 g/mol. The Morgan fingerprint density at radius 2 is 1.86 bits per heavy atom. The van der Waals surface area contributed by atoms with Crippen molar-refractivity contribution in [3.63, 3.8) is 0 Å². The lowest BCUT2D eigenvalue weighted by Gasteiger charge is -2.29. The van der Waals surface area contributed by atoms with E-state index in [4.69, 9.17) is 9.47 Å². The number of hydrogen-bond donors (Lipinski definition) is 1. The second-order valence-electron chi connectivity index (χ2n) is 6.96. The van der Waals surface area contributed by atoms with Gasteiger partial charge in [0, 0.05) is 24.0 Å². The van der Waals surface area contributed by atoms with Gasteiger partial charge < -0.3 is 19.7 Å². The molecule has 3 heterocycles. The maximum Gasteiger partial charge on any atom is 0.278 e. The highest BCUT2D eigenvalue weighted by atomic mass is 16.6. The van der Waals surface area contributed by atoms with Crippen molar-refractivity contribution in [1.82, 2.24) is 9.97 Å². The normalized spacial score (nSPS) is 14.8. The second-order valence-corrected chi connectivity index (χ2v) is 6.96. The van der Waals surface area contributed by atoms with Crippen LogP contribution in [0.15, 0.2) is 54.9 Å². The van der Waals surface area contributed by atoms with Gasteiger partial charge in [0.25, 0.3) is 5.91 Å². The van der Waals surface area contributed by atoms with Gasteiger partial charge in [-0.25, -0.2) is 9.97 Å². The third kappa shape index (κ3) is 3.47. The highest BCUT2D eigenvalue weighted by molar-refractivity contribution is 6.05. The summed E-state index contributed by atoms with van der Waals surface area (Å²) in [5.41, 5.74) is 3.29. The van der Waals surface area contributed by atoms with Crippen LogP contribution in [0, 0.1) is 0 Å². The van der Waals surface area contributed by atoms with Gasteiger partial charge in [0.05, 0.1) is 12.4 Å².